The molecule has 1 aliphatic rings. The highest BCUT2D eigenvalue weighted by molar-refractivity contribution is 7.39. The van der Waals surface area contributed by atoms with E-state index >= 15 is 0 Å². The van der Waals surface area contributed by atoms with Crippen molar-refractivity contribution in [3.63, 3.8) is 0 Å². The summed E-state index contributed by atoms with van der Waals surface area (Å²) in [6.45, 7) is 9.96. The Bertz CT molecular complexity index is 1670. The first kappa shape index (κ1) is 30.2. The van der Waals surface area contributed by atoms with E-state index in [2.05, 4.69) is 18.0 Å². The van der Waals surface area contributed by atoms with Gasteiger partial charge >= 0.3 is 8.60 Å². The quantitative estimate of drug-likeness (QED) is 0.188. The van der Waals surface area contributed by atoms with Crippen LogP contribution in [0.5, 0.6) is 5.75 Å². The van der Waals surface area contributed by atoms with Gasteiger partial charge in [0, 0.05) is 41.3 Å². The van der Waals surface area contributed by atoms with Crippen LogP contribution in [0.25, 0.3) is 17.0 Å². The number of aliphatic imine (C=N–C) groups is 1. The van der Waals surface area contributed by atoms with Crippen LogP contribution in [-0.2, 0) is 5.41 Å². The minimum atomic E-state index is -2.59. The van der Waals surface area contributed by atoms with Gasteiger partial charge in [0.15, 0.2) is 0 Å². The summed E-state index contributed by atoms with van der Waals surface area (Å²) >= 11 is 0. The lowest BCUT2D eigenvalue weighted by Gasteiger charge is -2.29. The molecule has 2 aromatic carbocycles. The minimum Gasteiger partial charge on any atom is -0.427 e. The zero-order valence-corrected chi connectivity index (χ0v) is 25.0. The van der Waals surface area contributed by atoms with Crippen LogP contribution in [0.3, 0.4) is 0 Å². The fourth-order valence-corrected chi connectivity index (χ4v) is 5.81. The van der Waals surface area contributed by atoms with E-state index in [1.807, 2.05) is 82.3 Å². The van der Waals surface area contributed by atoms with Crippen molar-refractivity contribution in [3.8, 4) is 5.75 Å². The van der Waals surface area contributed by atoms with Crippen molar-refractivity contribution in [3.05, 3.63) is 106 Å². The molecule has 1 aliphatic heterocycles. The van der Waals surface area contributed by atoms with Crippen LogP contribution in [0.1, 0.15) is 58.8 Å². The fourth-order valence-electron chi connectivity index (χ4n) is 5.48. The van der Waals surface area contributed by atoms with E-state index in [9.17, 15) is 14.6 Å². The number of aliphatic hydroxyl groups is 1. The van der Waals surface area contributed by atoms with Crippen LogP contribution in [0.2, 0.25) is 0 Å². The summed E-state index contributed by atoms with van der Waals surface area (Å²) in [5.74, 6) is 0.277. The Morgan fingerprint density at radius 3 is 2.44 bits per heavy atom. The number of fused-ring (bicyclic) bond motifs is 1. The van der Waals surface area contributed by atoms with Gasteiger partial charge in [-0.1, -0.05) is 44.2 Å². The molecule has 0 amide bonds. The molecule has 4 aromatic rings. The first-order valence-electron chi connectivity index (χ1n) is 13.2. The summed E-state index contributed by atoms with van der Waals surface area (Å²) in [5.41, 5.74) is 7.35. The number of H-pyrrole nitrogens is 1. The number of hydrogen-bond donors (Lipinski definition) is 4. The van der Waals surface area contributed by atoms with Gasteiger partial charge in [-0.05, 0) is 74.4 Å². The number of benzene rings is 2. The molecule has 0 bridgehead atoms. The van der Waals surface area contributed by atoms with Crippen LogP contribution in [0.15, 0.2) is 77.4 Å². The van der Waals surface area contributed by atoms with Crippen LogP contribution < -0.4 is 4.52 Å². The van der Waals surface area contributed by atoms with E-state index in [0.717, 1.165) is 63.2 Å². The molecule has 0 radical (unpaired) electrons. The van der Waals surface area contributed by atoms with Crippen LogP contribution in [0.4, 0.5) is 0 Å². The first-order chi connectivity index (χ1) is 19.5. The number of carbonyl (C=O) groups excluding carboxylic acids is 1. The molecule has 0 unspecified atom stereocenters. The zero-order valence-electron chi connectivity index (χ0n) is 24.1. The number of rotatable bonds is 7. The van der Waals surface area contributed by atoms with E-state index in [-0.39, 0.29) is 12.3 Å². The van der Waals surface area contributed by atoms with E-state index in [1.165, 1.54) is 0 Å². The van der Waals surface area contributed by atoms with Gasteiger partial charge in [0.1, 0.15) is 5.75 Å². The fraction of sp³-hybridized carbons (Fsp3) is 0.250. The van der Waals surface area contributed by atoms with E-state index in [1.54, 1.807) is 16.7 Å². The molecule has 2 aromatic heterocycles. The second-order valence-corrected chi connectivity index (χ2v) is 11.3. The van der Waals surface area contributed by atoms with Crippen molar-refractivity contribution in [1.82, 2.24) is 9.55 Å². The van der Waals surface area contributed by atoms with Gasteiger partial charge < -0.3 is 24.4 Å². The maximum absolute atomic E-state index is 14.1. The summed E-state index contributed by atoms with van der Waals surface area (Å²) in [5, 5.41) is 7.95. The van der Waals surface area contributed by atoms with E-state index in [0.29, 0.717) is 5.75 Å². The van der Waals surface area contributed by atoms with Gasteiger partial charge in [-0.25, -0.2) is 4.99 Å². The second kappa shape index (κ2) is 12.4. The maximum Gasteiger partial charge on any atom is 0.391 e. The molecule has 0 atom stereocenters. The van der Waals surface area contributed by atoms with Crippen molar-refractivity contribution in [2.24, 2.45) is 4.99 Å². The van der Waals surface area contributed by atoms with Gasteiger partial charge in [-0.3, -0.25) is 9.36 Å². The SMILES string of the molecule is CO.Cc1cc(C)c(/C=C2\C=CC(c3cc4ccccc4n3C(=O)CC(C)(C)c3c(C)cccc3OP(O)O)=N2)[nH]1. The number of nitrogens with one attached hydrogen (secondary N) is 1. The molecule has 8 nitrogen and oxygen atoms in total. The number of aryl methyl sites for hydroxylation is 3. The van der Waals surface area contributed by atoms with Crippen LogP contribution in [0, 0.1) is 20.8 Å². The van der Waals surface area contributed by atoms with Gasteiger partial charge in [-0.2, -0.15) is 0 Å². The van der Waals surface area contributed by atoms with Crippen molar-refractivity contribution in [1.29, 1.82) is 0 Å². The predicted molar refractivity (Wildman–Crippen MR) is 165 cm³/mol. The monoisotopic (exact) mass is 573 g/mol. The summed E-state index contributed by atoms with van der Waals surface area (Å²) in [6.07, 6.45) is 6.08. The summed E-state index contributed by atoms with van der Waals surface area (Å²) in [6, 6.07) is 17.3. The Balaban J connectivity index is 0.00000189. The molecule has 0 saturated heterocycles. The Hall–Kier alpha value is -3.81. The molecule has 0 fully saturated rings. The lowest BCUT2D eigenvalue weighted by molar-refractivity contribution is 0.0881. The summed E-state index contributed by atoms with van der Waals surface area (Å²) in [7, 11) is -1.59. The minimum absolute atomic E-state index is 0.0926. The van der Waals surface area contributed by atoms with Crippen molar-refractivity contribution < 1.29 is 24.2 Å². The Morgan fingerprint density at radius 1 is 1.02 bits per heavy atom. The highest BCUT2D eigenvalue weighted by Crippen LogP contribution is 2.41. The third kappa shape index (κ3) is 6.42. The highest BCUT2D eigenvalue weighted by atomic mass is 31.2. The molecular formula is C32H36N3O5P. The molecule has 41 heavy (non-hydrogen) atoms. The number of carbonyl (C=O) groups is 1. The molecule has 3 heterocycles. The van der Waals surface area contributed by atoms with Crippen LogP contribution >= 0.6 is 8.60 Å². The van der Waals surface area contributed by atoms with Crippen molar-refractivity contribution >= 4 is 37.2 Å². The molecule has 0 saturated carbocycles. The average Bonchev–Trinajstić information content (AvgIpc) is 3.61. The Kier molecular flexibility index (Phi) is 9.10. The summed E-state index contributed by atoms with van der Waals surface area (Å²) in [4.78, 5) is 41.4. The molecular weight excluding hydrogens is 537 g/mol. The van der Waals surface area contributed by atoms with E-state index in [4.69, 9.17) is 14.6 Å². The molecule has 0 spiro atoms. The predicted octanol–water partition coefficient (Wildman–Crippen LogP) is 6.50. The number of aromatic amines is 1. The highest BCUT2D eigenvalue weighted by Gasteiger charge is 2.32. The van der Waals surface area contributed by atoms with Gasteiger partial charge in [-0.15, -0.1) is 0 Å². The van der Waals surface area contributed by atoms with Crippen LogP contribution in [-0.4, -0.2) is 43.2 Å². The third-order valence-corrected chi connectivity index (χ3v) is 7.41. The topological polar surface area (TPSA) is 120 Å². The Morgan fingerprint density at radius 2 is 1.76 bits per heavy atom. The molecule has 0 aliphatic carbocycles. The lowest BCUT2D eigenvalue weighted by Crippen LogP contribution is -2.28. The standard InChI is InChI=1S/C31H32N3O4P.CH4O/c1-19-9-8-12-28(38-39(36)37)30(19)31(4,5)18-29(35)34-26-11-7-6-10-22(26)16-27(34)24-14-13-23(33-24)17-25-20(2)15-21(3)32-25;1-2/h6-17,32,36-37H,18H2,1-5H3;2H,1H3/b23-17+;. The second-order valence-electron chi connectivity index (χ2n) is 10.6. The molecule has 4 N–H and O–H groups in total. The number of para-hydroxylation sites is 1. The summed E-state index contributed by atoms with van der Waals surface area (Å²) < 4.78 is 7.10. The lowest BCUT2D eigenvalue weighted by atomic mass is 9.78. The van der Waals surface area contributed by atoms with Gasteiger partial charge in [0.2, 0.25) is 5.91 Å². The zero-order chi connectivity index (χ0) is 29.9. The first-order valence-corrected chi connectivity index (χ1v) is 14.4. The number of hydrogen-bond acceptors (Lipinski definition) is 6. The third-order valence-electron chi connectivity index (χ3n) is 7.05. The molecule has 214 valence electrons. The largest absolute Gasteiger partial charge is 0.427 e. The number of nitrogens with zero attached hydrogens (tertiary/aromatic N) is 2. The number of allylic oxidation sites excluding steroid dienone is 2. The van der Waals surface area contributed by atoms with Crippen molar-refractivity contribution in [2.45, 2.75) is 46.5 Å². The van der Waals surface area contributed by atoms with Gasteiger partial charge in [0.25, 0.3) is 0 Å². The average molecular weight is 574 g/mol. The van der Waals surface area contributed by atoms with E-state index < -0.39 is 14.0 Å². The smallest absolute Gasteiger partial charge is 0.391 e. The number of aromatic nitrogens is 2. The van der Waals surface area contributed by atoms with Crippen molar-refractivity contribution in [2.75, 3.05) is 7.11 Å². The van der Waals surface area contributed by atoms with Gasteiger partial charge in [0.05, 0.1) is 22.6 Å². The molecule has 9 heteroatoms. The number of aliphatic hydroxyl groups excluding tert-OH is 1. The maximum atomic E-state index is 14.1. The molecule has 5 rings (SSSR count). The Labute approximate surface area is 241 Å². The normalized spacial score (nSPS) is 14.0.